The fraction of sp³-hybridized carbons (Fsp3) is 0.167. The number of carbonyl (C=O) groups excluding carboxylic acids is 2. The van der Waals surface area contributed by atoms with E-state index in [1.807, 2.05) is 52.6 Å². The van der Waals surface area contributed by atoms with E-state index in [4.69, 9.17) is 0 Å². The number of amides is 2. The molecule has 262 valence electrons. The average Bonchev–Trinajstić information content (AvgIpc) is 3.64. The molecule has 0 bridgehead atoms. The van der Waals surface area contributed by atoms with Crippen molar-refractivity contribution in [3.05, 3.63) is 129 Å². The molecule has 51 heavy (non-hydrogen) atoms. The van der Waals surface area contributed by atoms with Crippen LogP contribution in [0.2, 0.25) is 0 Å². The number of thioether (sulfide) groups is 1. The van der Waals surface area contributed by atoms with Crippen molar-refractivity contribution in [2.45, 2.75) is 9.79 Å². The molecule has 3 N–H and O–H groups in total. The lowest BCUT2D eigenvalue weighted by molar-refractivity contribution is -0.384. The number of anilines is 2. The second kappa shape index (κ2) is 15.7. The first kappa shape index (κ1) is 35.4. The van der Waals surface area contributed by atoms with E-state index in [2.05, 4.69) is 10.2 Å². The number of phenolic OH excluding ortho intramolecular Hbond substituents is 1. The molecule has 1 saturated heterocycles. The van der Waals surface area contributed by atoms with Crippen molar-refractivity contribution in [3.8, 4) is 16.9 Å². The number of sulfonamides is 1. The van der Waals surface area contributed by atoms with Gasteiger partial charge in [0.05, 0.1) is 14.7 Å². The maximum Gasteiger partial charge on any atom is 0.293 e. The zero-order chi connectivity index (χ0) is 36.0. The smallest absolute Gasteiger partial charge is 0.293 e. The van der Waals surface area contributed by atoms with Gasteiger partial charge in [-0.1, -0.05) is 30.3 Å². The van der Waals surface area contributed by atoms with E-state index >= 15 is 0 Å². The van der Waals surface area contributed by atoms with Gasteiger partial charge < -0.3 is 20.2 Å². The van der Waals surface area contributed by atoms with Crippen molar-refractivity contribution in [2.24, 2.45) is 0 Å². The van der Waals surface area contributed by atoms with E-state index in [1.54, 1.807) is 47.0 Å². The van der Waals surface area contributed by atoms with Gasteiger partial charge in [-0.15, -0.1) is 23.1 Å². The van der Waals surface area contributed by atoms with E-state index in [0.717, 1.165) is 27.8 Å². The van der Waals surface area contributed by atoms with Crippen molar-refractivity contribution >= 4 is 62.0 Å². The fourth-order valence-corrected chi connectivity index (χ4v) is 8.19. The van der Waals surface area contributed by atoms with E-state index in [-0.39, 0.29) is 22.9 Å². The number of hydrogen-bond donors (Lipinski definition) is 3. The Labute approximate surface area is 302 Å². The number of nitro groups is 1. The largest absolute Gasteiger partial charge is 0.508 e. The molecule has 4 aromatic carbocycles. The molecule has 15 heteroatoms. The number of phenols is 1. The molecule has 0 aliphatic carbocycles. The van der Waals surface area contributed by atoms with Crippen molar-refractivity contribution in [1.29, 1.82) is 0 Å². The Hall–Kier alpha value is -5.38. The van der Waals surface area contributed by atoms with Crippen LogP contribution < -0.4 is 14.9 Å². The van der Waals surface area contributed by atoms with Crippen LogP contribution in [0.4, 0.5) is 17.1 Å². The molecule has 2 heterocycles. The highest BCUT2D eigenvalue weighted by Gasteiger charge is 2.26. The lowest BCUT2D eigenvalue weighted by Crippen LogP contribution is -2.48. The minimum Gasteiger partial charge on any atom is -0.508 e. The van der Waals surface area contributed by atoms with Gasteiger partial charge in [0.15, 0.2) is 0 Å². The lowest BCUT2D eigenvalue weighted by atomic mass is 10.1. The highest BCUT2D eigenvalue weighted by atomic mass is 32.2. The summed E-state index contributed by atoms with van der Waals surface area (Å²) in [6.07, 6.45) is 0. The Morgan fingerprint density at radius 3 is 2.33 bits per heavy atom. The van der Waals surface area contributed by atoms with Gasteiger partial charge >= 0.3 is 0 Å². The quantitative estimate of drug-likeness (QED) is 0.0571. The predicted molar refractivity (Wildman–Crippen MR) is 199 cm³/mol. The molecule has 0 saturated carbocycles. The third kappa shape index (κ3) is 8.68. The average molecular weight is 744 g/mol. The van der Waals surface area contributed by atoms with Crippen LogP contribution in [0, 0.1) is 10.1 Å². The van der Waals surface area contributed by atoms with Gasteiger partial charge in [0.2, 0.25) is 0 Å². The van der Waals surface area contributed by atoms with Crippen LogP contribution in [0.1, 0.15) is 20.0 Å². The summed E-state index contributed by atoms with van der Waals surface area (Å²) in [7, 11) is -4.42. The number of rotatable bonds is 12. The number of thiophene rings is 1. The molecule has 0 spiro atoms. The van der Waals surface area contributed by atoms with Crippen LogP contribution >= 0.6 is 23.1 Å². The first-order chi connectivity index (χ1) is 24.6. The normalized spacial score (nSPS) is 13.1. The monoisotopic (exact) mass is 743 g/mol. The standard InChI is InChI=1S/C36H33N5O7S3/c42-29-6-4-5-26(21-29)27-22-34(50-24-27)36(44)40-18-16-39(17-19-40)28-11-9-25(10-12-28)35(43)38-51(47,48)31-13-14-32(33(23-31)41(45)46)37-15-20-49-30-7-2-1-3-8-30/h1-14,21-24,37,42H,15-20H2,(H,38,43). The molecular formula is C36H33N5O7S3. The summed E-state index contributed by atoms with van der Waals surface area (Å²) in [5.74, 6) is -0.144. The van der Waals surface area contributed by atoms with Gasteiger partial charge in [-0.05, 0) is 83.2 Å². The Morgan fingerprint density at radius 1 is 0.882 bits per heavy atom. The maximum absolute atomic E-state index is 13.2. The predicted octanol–water partition coefficient (Wildman–Crippen LogP) is 6.31. The summed E-state index contributed by atoms with van der Waals surface area (Å²) in [6, 6.07) is 28.3. The molecule has 1 aromatic heterocycles. The van der Waals surface area contributed by atoms with Crippen molar-refractivity contribution in [1.82, 2.24) is 9.62 Å². The van der Waals surface area contributed by atoms with Gasteiger partial charge in [0.1, 0.15) is 11.4 Å². The van der Waals surface area contributed by atoms with Crippen LogP contribution in [0.15, 0.2) is 118 Å². The summed E-state index contributed by atoms with van der Waals surface area (Å²) in [5.41, 5.74) is 2.36. The lowest BCUT2D eigenvalue weighted by Gasteiger charge is -2.36. The molecule has 2 amide bonds. The van der Waals surface area contributed by atoms with E-state index < -0.39 is 31.4 Å². The summed E-state index contributed by atoms with van der Waals surface area (Å²) < 4.78 is 28.2. The summed E-state index contributed by atoms with van der Waals surface area (Å²) in [4.78, 5) is 42.4. The van der Waals surface area contributed by atoms with Crippen LogP contribution in [0.5, 0.6) is 5.75 Å². The number of carbonyl (C=O) groups is 2. The third-order valence-electron chi connectivity index (χ3n) is 8.18. The van der Waals surface area contributed by atoms with E-state index in [9.17, 15) is 33.2 Å². The Kier molecular flexibility index (Phi) is 10.9. The molecule has 1 fully saturated rings. The fourth-order valence-electron chi connectivity index (χ4n) is 5.52. The summed E-state index contributed by atoms with van der Waals surface area (Å²) in [6.45, 7) is 2.51. The molecular weight excluding hydrogens is 711 g/mol. The summed E-state index contributed by atoms with van der Waals surface area (Å²) in [5, 5.41) is 26.5. The molecule has 0 unspecified atom stereocenters. The zero-order valence-corrected chi connectivity index (χ0v) is 29.5. The highest BCUT2D eigenvalue weighted by molar-refractivity contribution is 7.99. The molecule has 1 aliphatic rings. The number of aromatic hydroxyl groups is 1. The van der Waals surface area contributed by atoms with Gasteiger partial charge in [-0.3, -0.25) is 19.7 Å². The second-order valence-electron chi connectivity index (χ2n) is 11.5. The van der Waals surface area contributed by atoms with Crippen LogP contribution in [-0.4, -0.2) is 73.6 Å². The number of benzene rings is 4. The zero-order valence-electron chi connectivity index (χ0n) is 27.1. The van der Waals surface area contributed by atoms with Crippen LogP contribution in [0.3, 0.4) is 0 Å². The SMILES string of the molecule is O=C(NS(=O)(=O)c1ccc(NCCSc2ccccc2)c([N+](=O)[O-])c1)c1ccc(N2CCN(C(=O)c3cc(-c4cccc(O)c4)cs3)CC2)cc1. The van der Waals surface area contributed by atoms with Crippen LogP contribution in [0.25, 0.3) is 11.1 Å². The number of piperazine rings is 1. The molecule has 1 aliphatic heterocycles. The Balaban J connectivity index is 1.02. The molecule has 6 rings (SSSR count). The van der Waals surface area contributed by atoms with E-state index in [0.29, 0.717) is 43.4 Å². The Bertz CT molecular complexity index is 2150. The van der Waals surface area contributed by atoms with Crippen molar-refractivity contribution < 1.29 is 28.0 Å². The topological polar surface area (TPSA) is 162 Å². The Morgan fingerprint density at radius 2 is 1.63 bits per heavy atom. The van der Waals surface area contributed by atoms with E-state index in [1.165, 1.54) is 35.6 Å². The van der Waals surface area contributed by atoms with Crippen molar-refractivity contribution in [3.63, 3.8) is 0 Å². The number of hydrogen-bond acceptors (Lipinski definition) is 11. The number of nitrogens with zero attached hydrogens (tertiary/aromatic N) is 3. The molecule has 0 atom stereocenters. The van der Waals surface area contributed by atoms with Crippen molar-refractivity contribution in [2.75, 3.05) is 48.7 Å². The van der Waals surface area contributed by atoms with Gasteiger partial charge in [0, 0.05) is 60.7 Å². The number of nitrogens with one attached hydrogen (secondary N) is 2. The highest BCUT2D eigenvalue weighted by Crippen LogP contribution is 2.30. The second-order valence-corrected chi connectivity index (χ2v) is 15.3. The molecule has 12 nitrogen and oxygen atoms in total. The molecule has 0 radical (unpaired) electrons. The third-order valence-corrected chi connectivity index (χ3v) is 11.4. The van der Waals surface area contributed by atoms with Gasteiger partial charge in [0.25, 0.3) is 27.5 Å². The minimum absolute atomic E-state index is 0.0616. The van der Waals surface area contributed by atoms with Gasteiger partial charge in [-0.25, -0.2) is 13.1 Å². The van der Waals surface area contributed by atoms with Crippen LogP contribution in [-0.2, 0) is 10.0 Å². The first-order valence-electron chi connectivity index (χ1n) is 15.9. The first-order valence-corrected chi connectivity index (χ1v) is 19.2. The maximum atomic E-state index is 13.2. The summed E-state index contributed by atoms with van der Waals surface area (Å²) >= 11 is 2.94. The number of nitro benzene ring substituents is 1. The minimum atomic E-state index is -4.42. The molecule has 5 aromatic rings. The van der Waals surface area contributed by atoms with Gasteiger partial charge in [-0.2, -0.15) is 0 Å².